The van der Waals surface area contributed by atoms with Crippen LogP contribution in [0.1, 0.15) is 26.2 Å². The number of unbranched alkanes of at least 4 members (excludes halogenated alkanes) is 2. The summed E-state index contributed by atoms with van der Waals surface area (Å²) in [5, 5.41) is 0. The predicted octanol–water partition coefficient (Wildman–Crippen LogP) is 3.75. The van der Waals surface area contributed by atoms with Gasteiger partial charge in [-0.3, -0.25) is 0 Å². The molecule has 0 aliphatic carbocycles. The fraction of sp³-hybridized carbons (Fsp3) is 0.400. The van der Waals surface area contributed by atoms with Crippen molar-refractivity contribution in [3.05, 3.63) is 30.5 Å². The van der Waals surface area contributed by atoms with E-state index in [1.54, 1.807) is 7.11 Å². The van der Waals surface area contributed by atoms with Crippen molar-refractivity contribution in [2.24, 2.45) is 0 Å². The molecule has 0 bridgehead atoms. The second-order valence-corrected chi connectivity index (χ2v) is 4.59. The molecule has 0 atom stereocenters. The zero-order chi connectivity index (χ0) is 13.7. The van der Waals surface area contributed by atoms with Crippen LogP contribution in [0.25, 0.3) is 11.3 Å². The van der Waals surface area contributed by atoms with E-state index >= 15 is 0 Å². The largest absolute Gasteiger partial charge is 0.496 e. The number of nitrogen functional groups attached to an aromatic ring is 1. The van der Waals surface area contributed by atoms with Gasteiger partial charge < -0.3 is 15.0 Å². The van der Waals surface area contributed by atoms with Crippen molar-refractivity contribution in [2.45, 2.75) is 32.7 Å². The Kier molecular flexibility index (Phi) is 6.39. The number of nitrogens with two attached hydrogens (primary N) is 1. The van der Waals surface area contributed by atoms with Crippen LogP contribution in [0.2, 0.25) is 0 Å². The highest BCUT2D eigenvalue weighted by Gasteiger charge is 2.10. The van der Waals surface area contributed by atoms with Gasteiger partial charge in [-0.25, -0.2) is 4.98 Å². The lowest BCUT2D eigenvalue weighted by atomic mass is 10.1. The summed E-state index contributed by atoms with van der Waals surface area (Å²) in [6.45, 7) is 3.11. The van der Waals surface area contributed by atoms with E-state index in [9.17, 15) is 0 Å². The Bertz CT molecular complexity index is 540. The normalized spacial score (nSPS) is 10.1. The van der Waals surface area contributed by atoms with Crippen LogP contribution in [0.3, 0.4) is 0 Å². The van der Waals surface area contributed by atoms with Crippen molar-refractivity contribution in [3.8, 4) is 17.0 Å². The van der Waals surface area contributed by atoms with Crippen LogP contribution >= 0.6 is 12.4 Å². The summed E-state index contributed by atoms with van der Waals surface area (Å²) >= 11 is 0. The van der Waals surface area contributed by atoms with E-state index in [2.05, 4.69) is 11.9 Å². The molecule has 0 spiro atoms. The van der Waals surface area contributed by atoms with Crippen LogP contribution in [0.4, 0.5) is 5.95 Å². The maximum Gasteiger partial charge on any atom is 0.200 e. The minimum Gasteiger partial charge on any atom is -0.496 e. The number of hydrogen-bond acceptors (Lipinski definition) is 3. The van der Waals surface area contributed by atoms with Crippen molar-refractivity contribution in [1.82, 2.24) is 9.55 Å². The molecule has 0 unspecified atom stereocenters. The van der Waals surface area contributed by atoms with Crippen molar-refractivity contribution >= 4 is 18.4 Å². The molecule has 0 saturated carbocycles. The molecule has 0 aliphatic heterocycles. The summed E-state index contributed by atoms with van der Waals surface area (Å²) < 4.78 is 7.37. The Balaban J connectivity index is 0.00000200. The molecule has 1 aromatic heterocycles. The Morgan fingerprint density at radius 2 is 2.00 bits per heavy atom. The van der Waals surface area contributed by atoms with E-state index in [1.807, 2.05) is 35.0 Å². The molecule has 0 amide bonds. The van der Waals surface area contributed by atoms with Gasteiger partial charge in [-0.15, -0.1) is 12.4 Å². The zero-order valence-corrected chi connectivity index (χ0v) is 12.8. The summed E-state index contributed by atoms with van der Waals surface area (Å²) in [6.07, 6.45) is 5.54. The average molecular weight is 296 g/mol. The van der Waals surface area contributed by atoms with Crippen molar-refractivity contribution < 1.29 is 4.74 Å². The molecule has 1 aromatic carbocycles. The highest BCUT2D eigenvalue weighted by atomic mass is 35.5. The number of ether oxygens (including phenoxy) is 1. The third-order valence-corrected chi connectivity index (χ3v) is 3.19. The van der Waals surface area contributed by atoms with E-state index in [0.29, 0.717) is 5.95 Å². The van der Waals surface area contributed by atoms with Gasteiger partial charge in [-0.1, -0.05) is 31.9 Å². The van der Waals surface area contributed by atoms with Gasteiger partial charge in [0, 0.05) is 18.3 Å². The van der Waals surface area contributed by atoms with Crippen LogP contribution in [-0.4, -0.2) is 16.7 Å². The highest BCUT2D eigenvalue weighted by molar-refractivity contribution is 5.85. The topological polar surface area (TPSA) is 53.1 Å². The maximum absolute atomic E-state index is 5.96. The lowest BCUT2D eigenvalue weighted by Crippen LogP contribution is -2.02. The Morgan fingerprint density at radius 3 is 2.70 bits per heavy atom. The van der Waals surface area contributed by atoms with Gasteiger partial charge in [0.1, 0.15) is 5.75 Å². The SMILES string of the molecule is CCCCCn1cc(-c2ccccc2OC)nc1N.Cl. The summed E-state index contributed by atoms with van der Waals surface area (Å²) in [5.74, 6) is 1.39. The van der Waals surface area contributed by atoms with Gasteiger partial charge in [0.05, 0.1) is 12.8 Å². The number of halogens is 1. The van der Waals surface area contributed by atoms with Crippen LogP contribution in [-0.2, 0) is 6.54 Å². The first kappa shape index (κ1) is 16.4. The number of nitrogens with zero attached hydrogens (tertiary/aromatic N) is 2. The number of hydrogen-bond donors (Lipinski definition) is 1. The predicted molar refractivity (Wildman–Crippen MR) is 85.4 cm³/mol. The molecule has 5 heteroatoms. The number of rotatable bonds is 6. The Labute approximate surface area is 126 Å². The van der Waals surface area contributed by atoms with Crippen molar-refractivity contribution in [2.75, 3.05) is 12.8 Å². The zero-order valence-electron chi connectivity index (χ0n) is 12.0. The molecule has 1 heterocycles. The molecule has 0 fully saturated rings. The lowest BCUT2D eigenvalue weighted by Gasteiger charge is -2.05. The van der Waals surface area contributed by atoms with E-state index in [-0.39, 0.29) is 12.4 Å². The number of imidazole rings is 1. The summed E-state index contributed by atoms with van der Waals surface area (Å²) in [7, 11) is 1.67. The third kappa shape index (κ3) is 3.67. The van der Waals surface area contributed by atoms with Gasteiger partial charge in [0.15, 0.2) is 0 Å². The number of aryl methyl sites for hydroxylation is 1. The molecular formula is C15H22ClN3O. The van der Waals surface area contributed by atoms with Crippen LogP contribution in [0.15, 0.2) is 30.5 Å². The summed E-state index contributed by atoms with van der Waals surface area (Å²) in [6, 6.07) is 7.85. The molecule has 20 heavy (non-hydrogen) atoms. The molecule has 2 rings (SSSR count). The average Bonchev–Trinajstić information content (AvgIpc) is 2.80. The number of methoxy groups -OCH3 is 1. The second-order valence-electron chi connectivity index (χ2n) is 4.59. The lowest BCUT2D eigenvalue weighted by molar-refractivity contribution is 0.416. The van der Waals surface area contributed by atoms with Gasteiger partial charge in [0.25, 0.3) is 0 Å². The molecule has 4 nitrogen and oxygen atoms in total. The van der Waals surface area contributed by atoms with Crippen molar-refractivity contribution in [1.29, 1.82) is 0 Å². The maximum atomic E-state index is 5.96. The smallest absolute Gasteiger partial charge is 0.200 e. The molecule has 0 saturated heterocycles. The van der Waals surface area contributed by atoms with E-state index in [1.165, 1.54) is 12.8 Å². The molecular weight excluding hydrogens is 274 g/mol. The first-order valence-corrected chi connectivity index (χ1v) is 6.72. The molecule has 0 aliphatic rings. The van der Waals surface area contributed by atoms with E-state index in [0.717, 1.165) is 30.0 Å². The van der Waals surface area contributed by atoms with Gasteiger partial charge >= 0.3 is 0 Å². The minimum absolute atomic E-state index is 0. The van der Waals surface area contributed by atoms with Gasteiger partial charge in [0.2, 0.25) is 5.95 Å². The number of para-hydroxylation sites is 1. The number of anilines is 1. The summed E-state index contributed by atoms with van der Waals surface area (Å²) in [5.41, 5.74) is 7.81. The van der Waals surface area contributed by atoms with Crippen molar-refractivity contribution in [3.63, 3.8) is 0 Å². The van der Waals surface area contributed by atoms with E-state index in [4.69, 9.17) is 10.5 Å². The third-order valence-electron chi connectivity index (χ3n) is 3.19. The fourth-order valence-electron chi connectivity index (χ4n) is 2.13. The monoisotopic (exact) mass is 295 g/mol. The first-order valence-electron chi connectivity index (χ1n) is 6.72. The fourth-order valence-corrected chi connectivity index (χ4v) is 2.13. The van der Waals surface area contributed by atoms with Crippen LogP contribution in [0, 0.1) is 0 Å². The minimum atomic E-state index is 0. The molecule has 110 valence electrons. The Morgan fingerprint density at radius 1 is 1.25 bits per heavy atom. The molecule has 2 N–H and O–H groups in total. The molecule has 2 aromatic rings. The summed E-state index contributed by atoms with van der Waals surface area (Å²) in [4.78, 5) is 4.43. The van der Waals surface area contributed by atoms with Gasteiger partial charge in [-0.2, -0.15) is 0 Å². The van der Waals surface area contributed by atoms with Gasteiger partial charge in [-0.05, 0) is 18.6 Å². The number of benzene rings is 1. The van der Waals surface area contributed by atoms with Crippen LogP contribution < -0.4 is 10.5 Å². The highest BCUT2D eigenvalue weighted by Crippen LogP contribution is 2.29. The quantitative estimate of drug-likeness (QED) is 0.826. The van der Waals surface area contributed by atoms with E-state index < -0.39 is 0 Å². The van der Waals surface area contributed by atoms with Crippen LogP contribution in [0.5, 0.6) is 5.75 Å². The second kappa shape index (κ2) is 7.80. The Hall–Kier alpha value is -1.68. The standard InChI is InChI=1S/C15H21N3O.ClH/c1-3-4-7-10-18-11-13(17-15(18)16)12-8-5-6-9-14(12)19-2;/h5-6,8-9,11H,3-4,7,10H2,1-2H3,(H2,16,17);1H. The molecule has 0 radical (unpaired) electrons. The number of aromatic nitrogens is 2. The first-order chi connectivity index (χ1) is 9.26.